The van der Waals surface area contributed by atoms with Gasteiger partial charge in [-0.05, 0) is 54.7 Å². The molecule has 3 rings (SSSR count). The molecule has 0 aliphatic rings. The molecule has 3 aromatic rings. The van der Waals surface area contributed by atoms with E-state index in [9.17, 15) is 14.9 Å². The van der Waals surface area contributed by atoms with Crippen LogP contribution in [0.15, 0.2) is 52.9 Å². The van der Waals surface area contributed by atoms with E-state index in [2.05, 4.69) is 10.6 Å². The number of furan rings is 1. The zero-order chi connectivity index (χ0) is 21.1. The first-order valence-corrected chi connectivity index (χ1v) is 9.40. The predicted octanol–water partition coefficient (Wildman–Crippen LogP) is 5.94. The number of rotatable bonds is 4. The van der Waals surface area contributed by atoms with Crippen LogP contribution in [-0.4, -0.2) is 15.9 Å². The highest BCUT2D eigenvalue weighted by atomic mass is 35.5. The van der Waals surface area contributed by atoms with E-state index in [-0.39, 0.29) is 27.3 Å². The van der Waals surface area contributed by atoms with Crippen LogP contribution in [0.3, 0.4) is 0 Å². The predicted molar refractivity (Wildman–Crippen MR) is 116 cm³/mol. The SMILES string of the molecule is O=C(NC(=S)Nc1ccc(Cl)cc1[N+](=O)[O-])c1ccc(-c2ccc(Cl)c(Cl)c2)o1. The molecule has 0 aliphatic carbocycles. The molecular weight excluding hydrogens is 461 g/mol. The molecule has 1 aromatic heterocycles. The Bertz CT molecular complexity index is 1130. The summed E-state index contributed by atoms with van der Waals surface area (Å²) in [6, 6.07) is 12.0. The lowest BCUT2D eigenvalue weighted by Gasteiger charge is -2.09. The van der Waals surface area contributed by atoms with Gasteiger partial charge in [-0.3, -0.25) is 20.2 Å². The quantitative estimate of drug-likeness (QED) is 0.278. The van der Waals surface area contributed by atoms with Crippen molar-refractivity contribution in [2.45, 2.75) is 0 Å². The third-order valence-electron chi connectivity index (χ3n) is 3.67. The van der Waals surface area contributed by atoms with Gasteiger partial charge in [-0.25, -0.2) is 0 Å². The minimum atomic E-state index is -0.634. The van der Waals surface area contributed by atoms with Crippen molar-refractivity contribution in [3.63, 3.8) is 0 Å². The number of benzene rings is 2. The lowest BCUT2D eigenvalue weighted by Crippen LogP contribution is -2.34. The molecule has 0 bridgehead atoms. The molecule has 0 radical (unpaired) electrons. The number of nitro benzene ring substituents is 1. The lowest BCUT2D eigenvalue weighted by molar-refractivity contribution is -0.383. The standard InChI is InChI=1S/C18H10Cl3N3O4S/c19-10-2-4-13(14(8-10)24(26)27)22-18(29)23-17(25)16-6-5-15(28-16)9-1-3-11(20)12(21)7-9/h1-8H,(H2,22,23,25,29). The van der Waals surface area contributed by atoms with Crippen molar-refractivity contribution in [2.75, 3.05) is 5.32 Å². The first kappa shape index (κ1) is 21.1. The minimum Gasteiger partial charge on any atom is -0.451 e. The van der Waals surface area contributed by atoms with Crippen LogP contribution in [0.4, 0.5) is 11.4 Å². The van der Waals surface area contributed by atoms with Crippen molar-refractivity contribution < 1.29 is 14.1 Å². The molecule has 0 saturated carbocycles. The highest BCUT2D eigenvalue weighted by molar-refractivity contribution is 7.80. The van der Waals surface area contributed by atoms with Gasteiger partial charge in [-0.15, -0.1) is 0 Å². The van der Waals surface area contributed by atoms with Crippen molar-refractivity contribution in [1.82, 2.24) is 5.32 Å². The maximum atomic E-state index is 12.3. The Kier molecular flexibility index (Phi) is 6.39. The highest BCUT2D eigenvalue weighted by Crippen LogP contribution is 2.30. The molecule has 11 heteroatoms. The zero-order valence-corrected chi connectivity index (χ0v) is 17.3. The molecule has 0 unspecified atom stereocenters. The molecular formula is C18H10Cl3N3O4S. The van der Waals surface area contributed by atoms with Gasteiger partial charge < -0.3 is 9.73 Å². The van der Waals surface area contributed by atoms with Crippen molar-refractivity contribution in [3.05, 3.63) is 79.5 Å². The second-order valence-electron chi connectivity index (χ2n) is 5.62. The molecule has 0 aliphatic heterocycles. The van der Waals surface area contributed by atoms with Gasteiger partial charge in [-0.1, -0.05) is 34.8 Å². The Morgan fingerprint density at radius 2 is 1.79 bits per heavy atom. The van der Waals surface area contributed by atoms with E-state index >= 15 is 0 Å². The van der Waals surface area contributed by atoms with E-state index in [4.69, 9.17) is 51.4 Å². The molecule has 2 aromatic carbocycles. The number of hydrogen-bond acceptors (Lipinski definition) is 5. The minimum absolute atomic E-state index is 0.0131. The summed E-state index contributed by atoms with van der Waals surface area (Å²) in [4.78, 5) is 22.9. The van der Waals surface area contributed by atoms with Crippen molar-refractivity contribution in [3.8, 4) is 11.3 Å². The first-order chi connectivity index (χ1) is 13.7. The Labute approximate surface area is 184 Å². The Balaban J connectivity index is 1.71. The van der Waals surface area contributed by atoms with Crippen molar-refractivity contribution in [2.24, 2.45) is 0 Å². The van der Waals surface area contributed by atoms with Crippen LogP contribution in [0.25, 0.3) is 11.3 Å². The fourth-order valence-corrected chi connectivity index (χ4v) is 3.01. The fraction of sp³-hybridized carbons (Fsp3) is 0. The number of nitro groups is 1. The number of carbonyl (C=O) groups is 1. The van der Waals surface area contributed by atoms with Gasteiger partial charge in [0.2, 0.25) is 0 Å². The summed E-state index contributed by atoms with van der Waals surface area (Å²) in [5.41, 5.74) is 0.436. The molecule has 2 N–H and O–H groups in total. The molecule has 1 heterocycles. The van der Waals surface area contributed by atoms with Gasteiger partial charge in [0.05, 0.1) is 15.0 Å². The van der Waals surface area contributed by atoms with Crippen LogP contribution in [0.2, 0.25) is 15.1 Å². The van der Waals surface area contributed by atoms with Crippen molar-refractivity contribution >= 4 is 69.4 Å². The average molecular weight is 471 g/mol. The summed E-state index contributed by atoms with van der Waals surface area (Å²) in [6.07, 6.45) is 0. The maximum Gasteiger partial charge on any atom is 0.294 e. The molecule has 148 valence electrons. The molecule has 29 heavy (non-hydrogen) atoms. The Hall–Kier alpha value is -2.65. The molecule has 1 amide bonds. The fourth-order valence-electron chi connectivity index (χ4n) is 2.34. The molecule has 0 atom stereocenters. The molecule has 0 fully saturated rings. The third kappa shape index (κ3) is 5.04. The van der Waals surface area contributed by atoms with E-state index in [1.807, 2.05) is 0 Å². The van der Waals surface area contributed by atoms with E-state index < -0.39 is 10.8 Å². The number of nitrogens with one attached hydrogen (secondary N) is 2. The third-order valence-corrected chi connectivity index (χ3v) is 4.84. The van der Waals surface area contributed by atoms with E-state index in [1.165, 1.54) is 24.3 Å². The number of hydrogen-bond donors (Lipinski definition) is 2. The topological polar surface area (TPSA) is 97.4 Å². The zero-order valence-electron chi connectivity index (χ0n) is 14.2. The maximum absolute atomic E-state index is 12.3. The van der Waals surface area contributed by atoms with Crippen LogP contribution >= 0.6 is 47.0 Å². The van der Waals surface area contributed by atoms with Crippen LogP contribution in [0, 0.1) is 10.1 Å². The summed E-state index contributed by atoms with van der Waals surface area (Å²) >= 11 is 22.7. The first-order valence-electron chi connectivity index (χ1n) is 7.86. The molecule has 7 nitrogen and oxygen atoms in total. The van der Waals surface area contributed by atoms with Crippen LogP contribution in [0.1, 0.15) is 10.6 Å². The monoisotopic (exact) mass is 469 g/mol. The number of thiocarbonyl (C=S) groups is 1. The second kappa shape index (κ2) is 8.79. The highest BCUT2D eigenvalue weighted by Gasteiger charge is 2.18. The summed E-state index contributed by atoms with van der Waals surface area (Å²) in [5.74, 6) is -0.243. The molecule has 0 saturated heterocycles. The van der Waals surface area contributed by atoms with Gasteiger partial charge in [0, 0.05) is 16.7 Å². The van der Waals surface area contributed by atoms with Gasteiger partial charge in [0.15, 0.2) is 10.9 Å². The summed E-state index contributed by atoms with van der Waals surface area (Å²) < 4.78 is 5.53. The van der Waals surface area contributed by atoms with Gasteiger partial charge in [-0.2, -0.15) is 0 Å². The summed E-state index contributed by atoms with van der Waals surface area (Å²) in [6.45, 7) is 0. The van der Waals surface area contributed by atoms with Crippen LogP contribution in [0.5, 0.6) is 0 Å². The molecule has 0 spiro atoms. The van der Waals surface area contributed by atoms with E-state index in [1.54, 1.807) is 24.3 Å². The number of nitrogens with zero attached hydrogens (tertiary/aromatic N) is 1. The number of halogens is 3. The van der Waals surface area contributed by atoms with Gasteiger partial charge in [0.1, 0.15) is 11.4 Å². The number of amides is 1. The van der Waals surface area contributed by atoms with E-state index in [0.717, 1.165) is 0 Å². The number of carbonyl (C=O) groups excluding carboxylic acids is 1. The Morgan fingerprint density at radius 3 is 2.48 bits per heavy atom. The number of anilines is 1. The van der Waals surface area contributed by atoms with Crippen molar-refractivity contribution in [1.29, 1.82) is 0 Å². The smallest absolute Gasteiger partial charge is 0.294 e. The lowest BCUT2D eigenvalue weighted by atomic mass is 10.2. The van der Waals surface area contributed by atoms with Gasteiger partial charge in [0.25, 0.3) is 11.6 Å². The largest absolute Gasteiger partial charge is 0.451 e. The second-order valence-corrected chi connectivity index (χ2v) is 7.28. The Morgan fingerprint density at radius 1 is 1.03 bits per heavy atom. The van der Waals surface area contributed by atoms with Crippen LogP contribution in [-0.2, 0) is 0 Å². The van der Waals surface area contributed by atoms with E-state index in [0.29, 0.717) is 21.4 Å². The summed E-state index contributed by atoms with van der Waals surface area (Å²) in [5, 5.41) is 16.9. The van der Waals surface area contributed by atoms with Gasteiger partial charge >= 0.3 is 0 Å². The van der Waals surface area contributed by atoms with Crippen LogP contribution < -0.4 is 10.6 Å². The summed E-state index contributed by atoms with van der Waals surface area (Å²) in [7, 11) is 0. The average Bonchev–Trinajstić information content (AvgIpc) is 3.15. The normalized spacial score (nSPS) is 10.4.